The Morgan fingerprint density at radius 1 is 0.442 bits per heavy atom. The zero-order valence-corrected chi connectivity index (χ0v) is 28.7. The highest BCUT2D eigenvalue weighted by Gasteiger charge is 2.22. The third-order valence-corrected chi connectivity index (χ3v) is 11.5. The van der Waals surface area contributed by atoms with Gasteiger partial charge in [0, 0.05) is 64.7 Å². The molecule has 4 nitrogen and oxygen atoms in total. The summed E-state index contributed by atoms with van der Waals surface area (Å²) in [5, 5.41) is 8.66. The average Bonchev–Trinajstić information content (AvgIpc) is 3.78. The average molecular weight is 681 g/mol. The maximum Gasteiger partial charge on any atom is 0.163 e. The standard InChI is InChI=1S/C47H28N4S/c1-2-11-29(12-3-1)30-20-22-31(23-21-30)43-38-17-10-28-48-47(38)50-46(49-43)32-24-26-33(27-25-32)51-39-18-8-6-15-36(39)41-34-13-4-5-14-35(34)45-42(44(41)51)37-16-7-9-19-40(37)52-45/h1-28H. The second-order valence-electron chi connectivity index (χ2n) is 13.2. The molecule has 0 saturated carbocycles. The molecule has 0 atom stereocenters. The molecule has 0 bridgehead atoms. The molecule has 0 fully saturated rings. The number of rotatable bonds is 4. The molecule has 0 amide bonds. The Kier molecular flexibility index (Phi) is 6.39. The van der Waals surface area contributed by atoms with Gasteiger partial charge in [0.25, 0.3) is 0 Å². The molecule has 0 aliphatic heterocycles. The SMILES string of the molecule is c1ccc(-c2ccc(-c3nc(-c4ccc(-n5c6ccccc6c6c7ccccc7c7sc8ccccc8c7c65)cc4)nc4ncccc34)cc2)cc1. The number of benzene rings is 7. The lowest BCUT2D eigenvalue weighted by molar-refractivity contribution is 1.17. The fraction of sp³-hybridized carbons (Fsp3) is 0. The van der Waals surface area contributed by atoms with Crippen molar-refractivity contribution in [3.05, 3.63) is 170 Å². The topological polar surface area (TPSA) is 43.6 Å². The van der Waals surface area contributed by atoms with Crippen LogP contribution in [0.4, 0.5) is 0 Å². The van der Waals surface area contributed by atoms with Crippen LogP contribution in [-0.2, 0) is 0 Å². The molecule has 242 valence electrons. The van der Waals surface area contributed by atoms with Crippen molar-refractivity contribution in [3.8, 4) is 39.5 Å². The number of aromatic nitrogens is 4. The molecule has 4 aromatic heterocycles. The molecule has 0 spiro atoms. The molecule has 0 aliphatic rings. The van der Waals surface area contributed by atoms with E-state index in [9.17, 15) is 0 Å². The molecule has 0 aliphatic carbocycles. The number of fused-ring (bicyclic) bond motifs is 11. The molecule has 52 heavy (non-hydrogen) atoms. The molecule has 5 heteroatoms. The summed E-state index contributed by atoms with van der Waals surface area (Å²) in [6.07, 6.45) is 1.80. The van der Waals surface area contributed by atoms with E-state index in [1.807, 2.05) is 23.5 Å². The second-order valence-corrected chi connectivity index (χ2v) is 14.2. The highest BCUT2D eigenvalue weighted by Crippen LogP contribution is 2.47. The van der Waals surface area contributed by atoms with Crippen molar-refractivity contribution in [3.63, 3.8) is 0 Å². The summed E-state index contributed by atoms with van der Waals surface area (Å²) in [5.41, 5.74) is 9.40. The normalized spacial score (nSPS) is 11.8. The van der Waals surface area contributed by atoms with Crippen molar-refractivity contribution >= 4 is 75.1 Å². The van der Waals surface area contributed by atoms with Crippen LogP contribution >= 0.6 is 11.3 Å². The molecule has 0 saturated heterocycles. The van der Waals surface area contributed by atoms with E-state index in [4.69, 9.17) is 9.97 Å². The van der Waals surface area contributed by atoms with Crippen LogP contribution in [0.2, 0.25) is 0 Å². The Bertz CT molecular complexity index is 3160. The van der Waals surface area contributed by atoms with Crippen LogP contribution in [0, 0.1) is 0 Å². The summed E-state index contributed by atoms with van der Waals surface area (Å²) in [7, 11) is 0. The molecule has 0 unspecified atom stereocenters. The molecule has 4 heterocycles. The highest BCUT2D eigenvalue weighted by molar-refractivity contribution is 7.27. The van der Waals surface area contributed by atoms with Gasteiger partial charge in [-0.25, -0.2) is 15.0 Å². The summed E-state index contributed by atoms with van der Waals surface area (Å²) in [5.74, 6) is 0.652. The lowest BCUT2D eigenvalue weighted by atomic mass is 10.00. The molecular formula is C47H28N4S. The number of hydrogen-bond donors (Lipinski definition) is 0. The van der Waals surface area contributed by atoms with E-state index < -0.39 is 0 Å². The van der Waals surface area contributed by atoms with Gasteiger partial charge in [0.15, 0.2) is 11.5 Å². The first-order valence-electron chi connectivity index (χ1n) is 17.4. The molecular weight excluding hydrogens is 653 g/mol. The zero-order chi connectivity index (χ0) is 34.2. The van der Waals surface area contributed by atoms with Gasteiger partial charge >= 0.3 is 0 Å². The van der Waals surface area contributed by atoms with Gasteiger partial charge in [0.2, 0.25) is 0 Å². The van der Waals surface area contributed by atoms with E-state index in [0.29, 0.717) is 11.5 Å². The second kappa shape index (κ2) is 11.4. The first-order chi connectivity index (χ1) is 25.8. The van der Waals surface area contributed by atoms with Crippen molar-refractivity contribution in [1.82, 2.24) is 19.5 Å². The maximum absolute atomic E-state index is 5.18. The Balaban J connectivity index is 1.10. The Labute approximate surface area is 302 Å². The number of thiophene rings is 1. The Hall–Kier alpha value is -6.69. The zero-order valence-electron chi connectivity index (χ0n) is 27.9. The van der Waals surface area contributed by atoms with Gasteiger partial charge < -0.3 is 4.57 Å². The minimum Gasteiger partial charge on any atom is -0.309 e. The minimum absolute atomic E-state index is 0.652. The van der Waals surface area contributed by atoms with Gasteiger partial charge in [0.1, 0.15) is 0 Å². The third kappa shape index (κ3) is 4.36. The molecule has 11 rings (SSSR count). The van der Waals surface area contributed by atoms with E-state index in [1.165, 1.54) is 63.9 Å². The van der Waals surface area contributed by atoms with Gasteiger partial charge in [-0.1, -0.05) is 115 Å². The van der Waals surface area contributed by atoms with Gasteiger partial charge in [-0.15, -0.1) is 11.3 Å². The highest BCUT2D eigenvalue weighted by atomic mass is 32.1. The van der Waals surface area contributed by atoms with Crippen molar-refractivity contribution in [2.75, 3.05) is 0 Å². The van der Waals surface area contributed by atoms with Crippen LogP contribution in [-0.4, -0.2) is 19.5 Å². The van der Waals surface area contributed by atoms with E-state index in [0.717, 1.165) is 27.9 Å². The van der Waals surface area contributed by atoms with E-state index in [-0.39, 0.29) is 0 Å². The largest absolute Gasteiger partial charge is 0.309 e. The molecule has 0 N–H and O–H groups in total. The van der Waals surface area contributed by atoms with Crippen LogP contribution in [0.3, 0.4) is 0 Å². The first kappa shape index (κ1) is 29.1. The molecule has 0 radical (unpaired) electrons. The van der Waals surface area contributed by atoms with Crippen LogP contribution in [0.1, 0.15) is 0 Å². The van der Waals surface area contributed by atoms with Crippen LogP contribution in [0.15, 0.2) is 170 Å². The van der Waals surface area contributed by atoms with E-state index in [2.05, 4.69) is 161 Å². The van der Waals surface area contributed by atoms with Gasteiger partial charge in [-0.3, -0.25) is 0 Å². The summed E-state index contributed by atoms with van der Waals surface area (Å²) in [6, 6.07) is 58.2. The van der Waals surface area contributed by atoms with Crippen molar-refractivity contribution in [2.24, 2.45) is 0 Å². The van der Waals surface area contributed by atoms with Crippen molar-refractivity contribution < 1.29 is 0 Å². The molecule has 7 aromatic carbocycles. The Morgan fingerprint density at radius 3 is 1.90 bits per heavy atom. The monoisotopic (exact) mass is 680 g/mol. The number of nitrogens with zero attached hydrogens (tertiary/aromatic N) is 4. The predicted molar refractivity (Wildman–Crippen MR) is 218 cm³/mol. The fourth-order valence-corrected chi connectivity index (χ4v) is 9.15. The smallest absolute Gasteiger partial charge is 0.163 e. The maximum atomic E-state index is 5.18. The first-order valence-corrected chi connectivity index (χ1v) is 18.3. The Morgan fingerprint density at radius 2 is 1.08 bits per heavy atom. The van der Waals surface area contributed by atoms with Crippen molar-refractivity contribution in [2.45, 2.75) is 0 Å². The predicted octanol–water partition coefficient (Wildman–Crippen LogP) is 12.6. The number of pyridine rings is 1. The minimum atomic E-state index is 0.652. The summed E-state index contributed by atoms with van der Waals surface area (Å²) < 4.78 is 5.08. The van der Waals surface area contributed by atoms with Crippen LogP contribution in [0.5, 0.6) is 0 Å². The quantitative estimate of drug-likeness (QED) is 0.186. The third-order valence-electron chi connectivity index (χ3n) is 10.3. The van der Waals surface area contributed by atoms with Crippen LogP contribution < -0.4 is 0 Å². The van der Waals surface area contributed by atoms with Gasteiger partial charge in [-0.05, 0) is 65.0 Å². The summed E-state index contributed by atoms with van der Waals surface area (Å²) in [4.78, 5) is 14.8. The van der Waals surface area contributed by atoms with E-state index >= 15 is 0 Å². The van der Waals surface area contributed by atoms with E-state index in [1.54, 1.807) is 6.20 Å². The van der Waals surface area contributed by atoms with Crippen LogP contribution in [0.25, 0.3) is 103 Å². The summed E-state index contributed by atoms with van der Waals surface area (Å²) >= 11 is 1.88. The van der Waals surface area contributed by atoms with Crippen molar-refractivity contribution in [1.29, 1.82) is 0 Å². The fourth-order valence-electron chi connectivity index (χ4n) is 7.91. The summed E-state index contributed by atoms with van der Waals surface area (Å²) in [6.45, 7) is 0. The number of para-hydroxylation sites is 1. The lowest BCUT2D eigenvalue weighted by Gasteiger charge is -2.12. The van der Waals surface area contributed by atoms with Gasteiger partial charge in [-0.2, -0.15) is 0 Å². The number of hydrogen-bond acceptors (Lipinski definition) is 4. The van der Waals surface area contributed by atoms with Gasteiger partial charge in [0.05, 0.1) is 16.7 Å². The molecule has 11 aromatic rings. The lowest BCUT2D eigenvalue weighted by Crippen LogP contribution is -1.98.